The lowest BCUT2D eigenvalue weighted by atomic mass is 10.2. The Morgan fingerprint density at radius 1 is 1.27 bits per heavy atom. The van der Waals surface area contributed by atoms with Crippen molar-refractivity contribution in [1.29, 1.82) is 10.5 Å². The Hall–Kier alpha value is -2.77. The van der Waals surface area contributed by atoms with E-state index in [9.17, 15) is 0 Å². The van der Waals surface area contributed by atoms with Crippen molar-refractivity contribution in [3.05, 3.63) is 29.8 Å². The molecule has 0 aliphatic rings. The van der Waals surface area contributed by atoms with Crippen molar-refractivity contribution < 1.29 is 0 Å². The van der Waals surface area contributed by atoms with Crippen LogP contribution >= 0.6 is 0 Å². The normalized spacial score (nSPS) is 7.80. The van der Waals surface area contributed by atoms with E-state index < -0.39 is 0 Å². The third kappa shape index (κ3) is 2.59. The highest BCUT2D eigenvalue weighted by molar-refractivity contribution is 6.10. The van der Waals surface area contributed by atoms with Crippen LogP contribution in [-0.4, -0.2) is 5.71 Å². The summed E-state index contributed by atoms with van der Waals surface area (Å²) < 4.78 is 0. The maximum absolute atomic E-state index is 8.45. The van der Waals surface area contributed by atoms with E-state index in [2.05, 4.69) is 16.4 Å². The van der Waals surface area contributed by atoms with Gasteiger partial charge in [-0.05, 0) is 12.1 Å². The third-order valence-electron chi connectivity index (χ3n) is 1.58. The number of rotatable bonds is 2. The first-order valence-electron chi connectivity index (χ1n) is 4.01. The predicted molar refractivity (Wildman–Crippen MR) is 56.7 cm³/mol. The van der Waals surface area contributed by atoms with Crippen LogP contribution in [0.3, 0.4) is 0 Å². The molecule has 0 saturated carbocycles. The average molecular weight is 194 g/mol. The lowest BCUT2D eigenvalue weighted by molar-refractivity contribution is 1.33. The van der Waals surface area contributed by atoms with E-state index in [4.69, 9.17) is 16.9 Å². The minimum absolute atomic E-state index is 0.248. The van der Waals surface area contributed by atoms with Crippen LogP contribution in [0.4, 0.5) is 5.69 Å². The van der Waals surface area contributed by atoms with Gasteiger partial charge in [-0.15, -0.1) is 6.42 Å². The van der Waals surface area contributed by atoms with Crippen LogP contribution in [-0.2, 0) is 0 Å². The van der Waals surface area contributed by atoms with E-state index in [0.717, 1.165) is 0 Å². The van der Waals surface area contributed by atoms with Crippen molar-refractivity contribution in [2.24, 2.45) is 5.10 Å². The minimum Gasteiger partial charge on any atom is -0.275 e. The SMILES string of the molecule is C#Cc1ccccc1NN=C(C#N)C#N. The van der Waals surface area contributed by atoms with Crippen LogP contribution in [0.15, 0.2) is 29.4 Å². The molecule has 0 aliphatic heterocycles. The lowest BCUT2D eigenvalue weighted by Crippen LogP contribution is -1.97. The van der Waals surface area contributed by atoms with E-state index >= 15 is 0 Å². The summed E-state index contributed by atoms with van der Waals surface area (Å²) in [5, 5.41) is 20.5. The van der Waals surface area contributed by atoms with Crippen molar-refractivity contribution in [2.45, 2.75) is 0 Å². The number of para-hydroxylation sites is 1. The maximum atomic E-state index is 8.45. The number of nitrogens with zero attached hydrogens (tertiary/aromatic N) is 3. The zero-order chi connectivity index (χ0) is 11.1. The molecule has 4 heteroatoms. The summed E-state index contributed by atoms with van der Waals surface area (Å²) in [5.74, 6) is 2.46. The molecule has 0 aromatic heterocycles. The van der Waals surface area contributed by atoms with E-state index in [1.807, 2.05) is 0 Å². The van der Waals surface area contributed by atoms with Gasteiger partial charge in [0.15, 0.2) is 0 Å². The molecule has 70 valence electrons. The summed E-state index contributed by atoms with van der Waals surface area (Å²) in [6.07, 6.45) is 5.25. The molecule has 1 aromatic rings. The van der Waals surface area contributed by atoms with Crippen molar-refractivity contribution in [2.75, 3.05) is 5.43 Å². The first kappa shape index (κ1) is 10.3. The molecule has 0 unspecified atom stereocenters. The molecule has 0 amide bonds. The highest BCUT2D eigenvalue weighted by atomic mass is 15.3. The van der Waals surface area contributed by atoms with E-state index in [0.29, 0.717) is 11.3 Å². The standard InChI is InChI=1S/C11H6N4/c1-2-9-5-3-4-6-11(9)15-14-10(7-12)8-13/h1,3-6,15H. The largest absolute Gasteiger partial charge is 0.275 e. The van der Waals surface area contributed by atoms with Crippen molar-refractivity contribution >= 4 is 11.4 Å². The van der Waals surface area contributed by atoms with Gasteiger partial charge in [0, 0.05) is 5.56 Å². The van der Waals surface area contributed by atoms with Gasteiger partial charge in [-0.25, -0.2) is 0 Å². The minimum atomic E-state index is -0.248. The molecule has 0 bridgehead atoms. The number of anilines is 1. The van der Waals surface area contributed by atoms with Gasteiger partial charge in [0.1, 0.15) is 12.1 Å². The number of hydrogen-bond acceptors (Lipinski definition) is 4. The summed E-state index contributed by atoms with van der Waals surface area (Å²) in [6.45, 7) is 0. The van der Waals surface area contributed by atoms with Gasteiger partial charge >= 0.3 is 0 Å². The second kappa shape index (κ2) is 5.07. The summed E-state index contributed by atoms with van der Waals surface area (Å²) in [6, 6.07) is 10.3. The average Bonchev–Trinajstić information content (AvgIpc) is 2.31. The number of hydrogen-bond donors (Lipinski definition) is 1. The van der Waals surface area contributed by atoms with E-state index in [-0.39, 0.29) is 5.71 Å². The molecule has 0 spiro atoms. The molecule has 0 radical (unpaired) electrons. The van der Waals surface area contributed by atoms with Crippen molar-refractivity contribution in [1.82, 2.24) is 0 Å². The first-order valence-corrected chi connectivity index (χ1v) is 4.01. The van der Waals surface area contributed by atoms with Crippen LogP contribution in [0.2, 0.25) is 0 Å². The monoisotopic (exact) mass is 194 g/mol. The summed E-state index contributed by atoms with van der Waals surface area (Å²) >= 11 is 0. The summed E-state index contributed by atoms with van der Waals surface area (Å²) in [5.41, 5.74) is 3.53. The number of terminal acetylenes is 1. The predicted octanol–water partition coefficient (Wildman–Crippen LogP) is 1.48. The van der Waals surface area contributed by atoms with Crippen molar-refractivity contribution in [3.8, 4) is 24.5 Å². The van der Waals surface area contributed by atoms with Crippen LogP contribution in [0, 0.1) is 35.0 Å². The second-order valence-corrected chi connectivity index (χ2v) is 2.49. The van der Waals surface area contributed by atoms with Crippen LogP contribution < -0.4 is 5.43 Å². The number of nitriles is 2. The van der Waals surface area contributed by atoms with Crippen LogP contribution in [0.25, 0.3) is 0 Å². The summed E-state index contributed by atoms with van der Waals surface area (Å²) in [4.78, 5) is 0. The molecule has 1 N–H and O–H groups in total. The topological polar surface area (TPSA) is 72.0 Å². The Morgan fingerprint density at radius 2 is 1.93 bits per heavy atom. The molecule has 0 heterocycles. The zero-order valence-electron chi connectivity index (χ0n) is 7.73. The number of benzene rings is 1. The fourth-order valence-electron chi connectivity index (χ4n) is 0.898. The molecular formula is C11H6N4. The van der Waals surface area contributed by atoms with Crippen LogP contribution in [0.5, 0.6) is 0 Å². The molecule has 1 rings (SSSR count). The van der Waals surface area contributed by atoms with Gasteiger partial charge < -0.3 is 0 Å². The number of hydrazone groups is 1. The van der Waals surface area contributed by atoms with Gasteiger partial charge in [-0.1, -0.05) is 18.1 Å². The first-order chi connectivity index (χ1) is 7.31. The Kier molecular flexibility index (Phi) is 3.48. The smallest absolute Gasteiger partial charge is 0.237 e. The Balaban J connectivity index is 2.94. The summed E-state index contributed by atoms with van der Waals surface area (Å²) in [7, 11) is 0. The molecule has 0 aliphatic carbocycles. The lowest BCUT2D eigenvalue weighted by Gasteiger charge is -2.01. The fourth-order valence-corrected chi connectivity index (χ4v) is 0.898. The molecular weight excluding hydrogens is 188 g/mol. The van der Waals surface area contributed by atoms with Gasteiger partial charge in [0.2, 0.25) is 5.71 Å². The molecule has 0 saturated heterocycles. The van der Waals surface area contributed by atoms with E-state index in [1.54, 1.807) is 36.4 Å². The third-order valence-corrected chi connectivity index (χ3v) is 1.58. The Bertz CT molecular complexity index is 493. The number of nitrogens with one attached hydrogen (secondary N) is 1. The molecule has 4 nitrogen and oxygen atoms in total. The van der Waals surface area contributed by atoms with Gasteiger partial charge in [0.25, 0.3) is 0 Å². The molecule has 0 atom stereocenters. The highest BCUT2D eigenvalue weighted by Crippen LogP contribution is 2.12. The van der Waals surface area contributed by atoms with Gasteiger partial charge in [-0.3, -0.25) is 5.43 Å². The Labute approximate surface area is 87.5 Å². The fraction of sp³-hybridized carbons (Fsp3) is 0. The van der Waals surface area contributed by atoms with E-state index in [1.165, 1.54) is 0 Å². The highest BCUT2D eigenvalue weighted by Gasteiger charge is 1.97. The Morgan fingerprint density at radius 3 is 2.53 bits per heavy atom. The van der Waals surface area contributed by atoms with Gasteiger partial charge in [0.05, 0.1) is 5.69 Å². The second-order valence-electron chi connectivity index (χ2n) is 2.49. The maximum Gasteiger partial charge on any atom is 0.237 e. The molecule has 1 aromatic carbocycles. The van der Waals surface area contributed by atoms with Crippen LogP contribution in [0.1, 0.15) is 5.56 Å². The zero-order valence-corrected chi connectivity index (χ0v) is 7.73. The van der Waals surface area contributed by atoms with Crippen molar-refractivity contribution in [3.63, 3.8) is 0 Å². The quantitative estimate of drug-likeness (QED) is 0.440. The molecule has 0 fully saturated rings. The van der Waals surface area contributed by atoms with Gasteiger partial charge in [-0.2, -0.15) is 15.6 Å². The molecule has 15 heavy (non-hydrogen) atoms.